The van der Waals surface area contributed by atoms with E-state index in [0.29, 0.717) is 11.3 Å². The SMILES string of the molecule is CN(C(=O)c1cccc(NC(=O)C2C(c3cc(Cl)c(Cl)c(Cl)c3)C2(Cl)Cl)c1F)c1ccccc1. The minimum absolute atomic E-state index is 0.167. The van der Waals surface area contributed by atoms with Crippen molar-refractivity contribution in [3.05, 3.63) is 92.7 Å². The van der Waals surface area contributed by atoms with Gasteiger partial charge in [-0.2, -0.15) is 0 Å². The van der Waals surface area contributed by atoms with Gasteiger partial charge in [0, 0.05) is 18.7 Å². The van der Waals surface area contributed by atoms with Gasteiger partial charge < -0.3 is 10.2 Å². The molecule has 2 amide bonds. The van der Waals surface area contributed by atoms with Gasteiger partial charge in [-0.05, 0) is 42.0 Å². The highest BCUT2D eigenvalue weighted by Gasteiger charge is 2.67. The van der Waals surface area contributed by atoms with E-state index in [1.807, 2.05) is 6.07 Å². The number of anilines is 2. The molecule has 0 aliphatic heterocycles. The van der Waals surface area contributed by atoms with Crippen molar-refractivity contribution in [2.45, 2.75) is 10.3 Å². The molecule has 2 unspecified atom stereocenters. The van der Waals surface area contributed by atoms with E-state index < -0.39 is 33.8 Å². The van der Waals surface area contributed by atoms with Gasteiger partial charge in [0.2, 0.25) is 5.91 Å². The first-order valence-corrected chi connectivity index (χ1v) is 11.9. The Kier molecular flexibility index (Phi) is 7.05. The second-order valence-corrected chi connectivity index (χ2v) is 10.4. The van der Waals surface area contributed by atoms with Crippen LogP contribution in [0.3, 0.4) is 0 Å². The highest BCUT2D eigenvalue weighted by atomic mass is 35.5. The molecule has 4 rings (SSSR count). The molecule has 1 aliphatic rings. The molecule has 2 atom stereocenters. The zero-order valence-corrected chi connectivity index (χ0v) is 21.2. The highest BCUT2D eigenvalue weighted by molar-refractivity contribution is 6.54. The average molecular weight is 561 g/mol. The molecule has 0 saturated heterocycles. The van der Waals surface area contributed by atoms with E-state index in [1.165, 1.54) is 42.3 Å². The van der Waals surface area contributed by atoms with E-state index in [4.69, 9.17) is 58.0 Å². The first-order valence-electron chi connectivity index (χ1n) is 9.98. The molecule has 176 valence electrons. The van der Waals surface area contributed by atoms with Crippen LogP contribution in [0.1, 0.15) is 21.8 Å². The summed E-state index contributed by atoms with van der Waals surface area (Å²) in [5, 5.41) is 3.06. The zero-order valence-electron chi connectivity index (χ0n) is 17.5. The van der Waals surface area contributed by atoms with Gasteiger partial charge in [-0.15, -0.1) is 23.2 Å². The average Bonchev–Trinajstić information content (AvgIpc) is 3.40. The smallest absolute Gasteiger partial charge is 0.261 e. The van der Waals surface area contributed by atoms with Crippen molar-refractivity contribution in [3.8, 4) is 0 Å². The number of halogens is 6. The molecular weight excluding hydrogens is 545 g/mol. The van der Waals surface area contributed by atoms with Crippen molar-refractivity contribution in [1.29, 1.82) is 0 Å². The maximum absolute atomic E-state index is 15.2. The lowest BCUT2D eigenvalue weighted by molar-refractivity contribution is -0.117. The topological polar surface area (TPSA) is 49.4 Å². The first kappa shape index (κ1) is 25.1. The van der Waals surface area contributed by atoms with Crippen molar-refractivity contribution in [2.75, 3.05) is 17.3 Å². The third-order valence-electron chi connectivity index (χ3n) is 5.64. The third kappa shape index (κ3) is 4.60. The monoisotopic (exact) mass is 558 g/mol. The summed E-state index contributed by atoms with van der Waals surface area (Å²) in [7, 11) is 1.54. The second-order valence-electron chi connectivity index (χ2n) is 7.78. The molecule has 0 bridgehead atoms. The van der Waals surface area contributed by atoms with Crippen LogP contribution in [0.4, 0.5) is 15.8 Å². The van der Waals surface area contributed by atoms with E-state index >= 15 is 4.39 Å². The summed E-state index contributed by atoms with van der Waals surface area (Å²) in [6.45, 7) is 0. The van der Waals surface area contributed by atoms with Gasteiger partial charge in [0.15, 0.2) is 5.82 Å². The number of rotatable bonds is 5. The lowest BCUT2D eigenvalue weighted by Crippen LogP contribution is -2.27. The van der Waals surface area contributed by atoms with E-state index in [2.05, 4.69) is 5.32 Å². The maximum Gasteiger partial charge on any atom is 0.261 e. The minimum atomic E-state index is -1.46. The molecule has 0 aromatic heterocycles. The predicted octanol–water partition coefficient (Wildman–Crippen LogP) is 7.59. The summed E-state index contributed by atoms with van der Waals surface area (Å²) in [5.41, 5.74) is 0.755. The van der Waals surface area contributed by atoms with Crippen LogP contribution in [0.25, 0.3) is 0 Å². The Morgan fingerprint density at radius 3 is 2.21 bits per heavy atom. The fraction of sp³-hybridized carbons (Fsp3) is 0.167. The fourth-order valence-corrected chi connectivity index (χ4v) is 5.22. The number of alkyl halides is 2. The summed E-state index contributed by atoms with van der Waals surface area (Å²) >= 11 is 30.9. The Bertz CT molecular complexity index is 1260. The second kappa shape index (κ2) is 9.56. The van der Waals surface area contributed by atoms with Gasteiger partial charge in [-0.1, -0.05) is 59.1 Å². The summed E-state index contributed by atoms with van der Waals surface area (Å²) in [6, 6.07) is 16.0. The van der Waals surface area contributed by atoms with Crippen LogP contribution >= 0.6 is 58.0 Å². The van der Waals surface area contributed by atoms with E-state index in [-0.39, 0.29) is 26.3 Å². The van der Waals surface area contributed by atoms with E-state index in [1.54, 1.807) is 24.3 Å². The summed E-state index contributed by atoms with van der Waals surface area (Å²) in [5.74, 6) is -3.60. The molecule has 1 saturated carbocycles. The molecule has 0 spiro atoms. The lowest BCUT2D eigenvalue weighted by atomic mass is 10.1. The van der Waals surface area contributed by atoms with Crippen molar-refractivity contribution >= 4 is 81.2 Å². The largest absolute Gasteiger partial charge is 0.323 e. The van der Waals surface area contributed by atoms with Crippen molar-refractivity contribution in [1.82, 2.24) is 0 Å². The number of nitrogens with one attached hydrogen (secondary N) is 1. The Morgan fingerprint density at radius 2 is 1.59 bits per heavy atom. The molecule has 1 N–H and O–H groups in total. The molecule has 1 aliphatic carbocycles. The first-order chi connectivity index (χ1) is 16.0. The molecule has 3 aromatic rings. The fourth-order valence-electron chi connectivity index (χ4n) is 3.78. The lowest BCUT2D eigenvalue weighted by Gasteiger charge is -2.18. The Balaban J connectivity index is 1.56. The van der Waals surface area contributed by atoms with Gasteiger partial charge in [-0.25, -0.2) is 4.39 Å². The van der Waals surface area contributed by atoms with Crippen LogP contribution in [0.15, 0.2) is 60.7 Å². The number of hydrogen-bond acceptors (Lipinski definition) is 2. The Hall–Kier alpha value is -2.02. The van der Waals surface area contributed by atoms with Gasteiger partial charge >= 0.3 is 0 Å². The number of carbonyl (C=O) groups excluding carboxylic acids is 2. The number of para-hydroxylation sites is 1. The molecule has 4 nitrogen and oxygen atoms in total. The Morgan fingerprint density at radius 1 is 0.971 bits per heavy atom. The maximum atomic E-state index is 15.2. The number of nitrogens with zero attached hydrogens (tertiary/aromatic N) is 1. The van der Waals surface area contributed by atoms with Gasteiger partial charge in [0.25, 0.3) is 5.91 Å². The predicted molar refractivity (Wildman–Crippen MR) is 136 cm³/mol. The van der Waals surface area contributed by atoms with Gasteiger partial charge in [-0.3, -0.25) is 9.59 Å². The van der Waals surface area contributed by atoms with Crippen LogP contribution in [0.2, 0.25) is 15.1 Å². The highest BCUT2D eigenvalue weighted by Crippen LogP contribution is 2.65. The van der Waals surface area contributed by atoms with Gasteiger partial charge in [0.1, 0.15) is 4.33 Å². The zero-order chi connectivity index (χ0) is 24.8. The number of hydrogen-bond donors (Lipinski definition) is 1. The van der Waals surface area contributed by atoms with E-state index in [0.717, 1.165) is 0 Å². The molecule has 10 heteroatoms. The molecule has 3 aromatic carbocycles. The van der Waals surface area contributed by atoms with Crippen LogP contribution in [-0.2, 0) is 4.79 Å². The Labute approximate surface area is 220 Å². The van der Waals surface area contributed by atoms with E-state index in [9.17, 15) is 9.59 Å². The van der Waals surface area contributed by atoms with Crippen LogP contribution < -0.4 is 10.2 Å². The van der Waals surface area contributed by atoms with Crippen LogP contribution in [0.5, 0.6) is 0 Å². The number of benzene rings is 3. The molecule has 1 fully saturated rings. The molecule has 34 heavy (non-hydrogen) atoms. The summed E-state index contributed by atoms with van der Waals surface area (Å²) in [4.78, 5) is 27.2. The standard InChI is InChI=1S/C24H16Cl5FN2O2/c1-32(13-6-3-2-4-7-13)23(34)14-8-5-9-17(21(14)30)31-22(33)19-18(24(19,28)29)12-10-15(25)20(27)16(26)11-12/h2-11,18-19H,1H3,(H,31,33). The normalized spacial score (nSPS) is 18.3. The van der Waals surface area contributed by atoms with Crippen LogP contribution in [-0.4, -0.2) is 23.2 Å². The van der Waals surface area contributed by atoms with Crippen LogP contribution in [0, 0.1) is 11.7 Å². The molecule has 0 radical (unpaired) electrons. The van der Waals surface area contributed by atoms with Gasteiger partial charge in [0.05, 0.1) is 32.2 Å². The quantitative estimate of drug-likeness (QED) is 0.258. The summed E-state index contributed by atoms with van der Waals surface area (Å²) in [6.07, 6.45) is 0. The third-order valence-corrected chi connectivity index (χ3v) is 7.77. The number of carbonyl (C=O) groups is 2. The molecular formula is C24H16Cl5FN2O2. The molecule has 0 heterocycles. The minimum Gasteiger partial charge on any atom is -0.323 e. The van der Waals surface area contributed by atoms with Crippen molar-refractivity contribution in [3.63, 3.8) is 0 Å². The number of amides is 2. The van der Waals surface area contributed by atoms with Crippen molar-refractivity contribution in [2.24, 2.45) is 5.92 Å². The summed E-state index contributed by atoms with van der Waals surface area (Å²) < 4.78 is 13.8. The van der Waals surface area contributed by atoms with Crippen molar-refractivity contribution < 1.29 is 14.0 Å².